The smallest absolute Gasteiger partial charge is 0.207 e. The van der Waals surface area contributed by atoms with E-state index < -0.39 is 10.0 Å². The van der Waals surface area contributed by atoms with Crippen molar-refractivity contribution in [2.45, 2.75) is 28.5 Å². The summed E-state index contributed by atoms with van der Waals surface area (Å²) in [6.45, 7) is 0. The zero-order valence-corrected chi connectivity index (χ0v) is 11.6. The zero-order chi connectivity index (χ0) is 11.1. The van der Waals surface area contributed by atoms with Crippen LogP contribution in [0.5, 0.6) is 0 Å². The van der Waals surface area contributed by atoms with Gasteiger partial charge in [0.1, 0.15) is 4.21 Å². The van der Waals surface area contributed by atoms with E-state index in [0.717, 1.165) is 0 Å². The van der Waals surface area contributed by atoms with E-state index in [1.165, 1.54) is 11.3 Å². The standard InChI is InChI=1S/C8H9BrClNO2S2/c9-7-1-2-14-8(7)15(12,13)11-6-3-5(10)4-6/h1-2,5-6,11H,3-4H2. The largest absolute Gasteiger partial charge is 0.251 e. The van der Waals surface area contributed by atoms with Crippen molar-refractivity contribution in [3.8, 4) is 0 Å². The van der Waals surface area contributed by atoms with E-state index in [-0.39, 0.29) is 11.4 Å². The average Bonchev–Trinajstić information content (AvgIpc) is 2.48. The molecule has 1 aromatic rings. The lowest BCUT2D eigenvalue weighted by molar-refractivity contribution is 0.391. The molecule has 15 heavy (non-hydrogen) atoms. The second-order valence-corrected chi connectivity index (χ2v) is 7.74. The lowest BCUT2D eigenvalue weighted by Crippen LogP contribution is -2.44. The van der Waals surface area contributed by atoms with Crippen molar-refractivity contribution in [1.82, 2.24) is 4.72 Å². The number of nitrogens with one attached hydrogen (secondary N) is 1. The average molecular weight is 331 g/mol. The van der Waals surface area contributed by atoms with Crippen LogP contribution in [0.1, 0.15) is 12.8 Å². The van der Waals surface area contributed by atoms with Crippen molar-refractivity contribution in [3.05, 3.63) is 15.9 Å². The van der Waals surface area contributed by atoms with Gasteiger partial charge in [-0.25, -0.2) is 13.1 Å². The molecular formula is C8H9BrClNO2S2. The second-order valence-electron chi connectivity index (χ2n) is 3.44. The van der Waals surface area contributed by atoms with Crippen LogP contribution in [-0.4, -0.2) is 19.8 Å². The Labute approximate surface area is 106 Å². The van der Waals surface area contributed by atoms with Crippen molar-refractivity contribution >= 4 is 48.9 Å². The van der Waals surface area contributed by atoms with Crippen molar-refractivity contribution in [2.24, 2.45) is 0 Å². The van der Waals surface area contributed by atoms with Gasteiger partial charge in [-0.15, -0.1) is 22.9 Å². The molecule has 1 heterocycles. The quantitative estimate of drug-likeness (QED) is 0.866. The van der Waals surface area contributed by atoms with Crippen molar-refractivity contribution in [3.63, 3.8) is 0 Å². The predicted molar refractivity (Wildman–Crippen MR) is 65.0 cm³/mol. The second kappa shape index (κ2) is 4.33. The van der Waals surface area contributed by atoms with Gasteiger partial charge in [-0.2, -0.15) is 0 Å². The molecule has 2 rings (SSSR count). The number of sulfonamides is 1. The molecule has 84 valence electrons. The molecule has 1 aliphatic carbocycles. The van der Waals surface area contributed by atoms with Crippen LogP contribution in [0.25, 0.3) is 0 Å². The monoisotopic (exact) mass is 329 g/mol. The van der Waals surface area contributed by atoms with E-state index in [2.05, 4.69) is 20.7 Å². The van der Waals surface area contributed by atoms with Crippen LogP contribution in [0.15, 0.2) is 20.1 Å². The number of hydrogen-bond donors (Lipinski definition) is 1. The highest BCUT2D eigenvalue weighted by Gasteiger charge is 2.32. The third kappa shape index (κ3) is 2.55. The summed E-state index contributed by atoms with van der Waals surface area (Å²) < 4.78 is 27.3. The summed E-state index contributed by atoms with van der Waals surface area (Å²) in [5.41, 5.74) is 0. The minimum absolute atomic E-state index is 0.00787. The van der Waals surface area contributed by atoms with E-state index >= 15 is 0 Å². The summed E-state index contributed by atoms with van der Waals surface area (Å²) in [5, 5.41) is 1.86. The van der Waals surface area contributed by atoms with Crippen LogP contribution in [0.2, 0.25) is 0 Å². The fourth-order valence-corrected chi connectivity index (χ4v) is 5.44. The Morgan fingerprint density at radius 2 is 2.20 bits per heavy atom. The highest BCUT2D eigenvalue weighted by molar-refractivity contribution is 9.10. The first kappa shape index (κ1) is 11.9. The van der Waals surface area contributed by atoms with E-state index in [0.29, 0.717) is 21.5 Å². The number of thiophene rings is 1. The number of rotatable bonds is 3. The zero-order valence-electron chi connectivity index (χ0n) is 7.61. The molecule has 0 radical (unpaired) electrons. The molecule has 1 aromatic heterocycles. The molecular weight excluding hydrogens is 322 g/mol. The maximum atomic E-state index is 11.9. The van der Waals surface area contributed by atoms with Crippen LogP contribution >= 0.6 is 38.9 Å². The summed E-state index contributed by atoms with van der Waals surface area (Å²) in [6, 6.07) is 1.72. The lowest BCUT2D eigenvalue weighted by Gasteiger charge is -2.30. The first-order valence-electron chi connectivity index (χ1n) is 4.38. The van der Waals surface area contributed by atoms with Crippen molar-refractivity contribution in [2.75, 3.05) is 0 Å². The third-order valence-electron chi connectivity index (χ3n) is 2.23. The van der Waals surface area contributed by atoms with E-state index in [1.807, 2.05) is 0 Å². The van der Waals surface area contributed by atoms with Crippen LogP contribution in [-0.2, 0) is 10.0 Å². The molecule has 3 nitrogen and oxygen atoms in total. The predicted octanol–water partition coefficient (Wildman–Crippen LogP) is 2.56. The highest BCUT2D eigenvalue weighted by atomic mass is 79.9. The number of alkyl halides is 1. The Bertz CT molecular complexity index is 453. The van der Waals surface area contributed by atoms with Gasteiger partial charge in [0.05, 0.1) is 0 Å². The van der Waals surface area contributed by atoms with Gasteiger partial charge in [0, 0.05) is 15.9 Å². The maximum Gasteiger partial charge on any atom is 0.251 e. The van der Waals surface area contributed by atoms with Crippen LogP contribution in [0.3, 0.4) is 0 Å². The molecule has 1 aliphatic rings. The number of halogens is 2. The summed E-state index contributed by atoms with van der Waals surface area (Å²) in [7, 11) is -3.37. The summed E-state index contributed by atoms with van der Waals surface area (Å²) >= 11 is 10.2. The maximum absolute atomic E-state index is 11.9. The Hall–Kier alpha value is 0.380. The van der Waals surface area contributed by atoms with E-state index in [1.54, 1.807) is 11.4 Å². The fourth-order valence-electron chi connectivity index (χ4n) is 1.39. The number of hydrogen-bond acceptors (Lipinski definition) is 3. The Morgan fingerprint density at radius 3 is 2.67 bits per heavy atom. The normalized spacial score (nSPS) is 26.3. The van der Waals surface area contributed by atoms with Gasteiger partial charge in [0.15, 0.2) is 0 Å². The minimum Gasteiger partial charge on any atom is -0.207 e. The van der Waals surface area contributed by atoms with Crippen molar-refractivity contribution < 1.29 is 8.42 Å². The molecule has 0 aliphatic heterocycles. The molecule has 1 saturated carbocycles. The van der Waals surface area contributed by atoms with Gasteiger partial charge in [-0.05, 0) is 40.2 Å². The van der Waals surface area contributed by atoms with Gasteiger partial charge >= 0.3 is 0 Å². The highest BCUT2D eigenvalue weighted by Crippen LogP contribution is 2.31. The summed E-state index contributed by atoms with van der Waals surface area (Å²) in [5.74, 6) is 0. The van der Waals surface area contributed by atoms with E-state index in [4.69, 9.17) is 11.6 Å². The fraction of sp³-hybridized carbons (Fsp3) is 0.500. The Kier molecular flexibility index (Phi) is 3.42. The van der Waals surface area contributed by atoms with Gasteiger partial charge in [0.25, 0.3) is 10.0 Å². The summed E-state index contributed by atoms with van der Waals surface area (Å²) in [4.78, 5) is 0. The molecule has 0 atom stereocenters. The molecule has 0 bridgehead atoms. The summed E-state index contributed by atoms with van der Waals surface area (Å²) in [6.07, 6.45) is 1.42. The molecule has 0 saturated heterocycles. The molecule has 0 unspecified atom stereocenters. The van der Waals surface area contributed by atoms with Gasteiger partial charge < -0.3 is 0 Å². The molecule has 1 N–H and O–H groups in total. The van der Waals surface area contributed by atoms with Crippen LogP contribution in [0.4, 0.5) is 0 Å². The van der Waals surface area contributed by atoms with E-state index in [9.17, 15) is 8.42 Å². The topological polar surface area (TPSA) is 46.2 Å². The Balaban J connectivity index is 2.11. The minimum atomic E-state index is -3.37. The van der Waals surface area contributed by atoms with Gasteiger partial charge in [0.2, 0.25) is 0 Å². The van der Waals surface area contributed by atoms with Crippen molar-refractivity contribution in [1.29, 1.82) is 0 Å². The first-order valence-corrected chi connectivity index (χ1v) is 7.97. The SMILES string of the molecule is O=S(=O)(NC1CC(Cl)C1)c1sccc1Br. The van der Waals surface area contributed by atoms with Crippen LogP contribution in [0, 0.1) is 0 Å². The molecule has 0 aromatic carbocycles. The Morgan fingerprint density at radius 1 is 1.53 bits per heavy atom. The van der Waals surface area contributed by atoms with Gasteiger partial charge in [-0.3, -0.25) is 0 Å². The molecule has 0 spiro atoms. The van der Waals surface area contributed by atoms with Crippen LogP contribution < -0.4 is 4.72 Å². The third-order valence-corrected chi connectivity index (χ3v) is 6.78. The lowest BCUT2D eigenvalue weighted by atomic mass is 9.94. The molecule has 1 fully saturated rings. The van der Waals surface area contributed by atoms with Gasteiger partial charge in [-0.1, -0.05) is 0 Å². The molecule has 7 heteroatoms. The molecule has 0 amide bonds. The first-order chi connectivity index (χ1) is 6.99.